The summed E-state index contributed by atoms with van der Waals surface area (Å²) in [5.74, 6) is 0. The van der Waals surface area contributed by atoms with Crippen LogP contribution in [0.2, 0.25) is 0 Å². The van der Waals surface area contributed by atoms with Gasteiger partial charge in [-0.3, -0.25) is 0 Å². The Morgan fingerprint density at radius 1 is 1.06 bits per heavy atom. The van der Waals surface area contributed by atoms with Crippen LogP contribution in [0, 0.1) is 0 Å². The van der Waals surface area contributed by atoms with Gasteiger partial charge in [0.15, 0.2) is 0 Å². The lowest BCUT2D eigenvalue weighted by atomic mass is 9.96. The van der Waals surface area contributed by atoms with Gasteiger partial charge in [0.05, 0.1) is 0 Å². The summed E-state index contributed by atoms with van der Waals surface area (Å²) in [4.78, 5) is 2.48. The van der Waals surface area contributed by atoms with Crippen molar-refractivity contribution in [2.75, 3.05) is 24.5 Å². The standard InChI is InChI=1S/C14H20N2/c15-11-14(7-8-14)12-3-5-13(6-4-12)16-9-1-2-10-16/h3-6H,1-2,7-11,15H2. The van der Waals surface area contributed by atoms with Gasteiger partial charge >= 0.3 is 0 Å². The van der Waals surface area contributed by atoms with Crippen LogP contribution in [-0.2, 0) is 5.41 Å². The fourth-order valence-corrected chi connectivity index (χ4v) is 2.76. The fraction of sp³-hybridized carbons (Fsp3) is 0.571. The molecule has 86 valence electrons. The van der Waals surface area contributed by atoms with Crippen molar-refractivity contribution in [1.29, 1.82) is 0 Å². The highest BCUT2D eigenvalue weighted by Gasteiger charge is 2.42. The molecule has 1 heterocycles. The second-order valence-electron chi connectivity index (χ2n) is 5.23. The first-order valence-corrected chi connectivity index (χ1v) is 6.40. The molecule has 1 aliphatic heterocycles. The zero-order valence-corrected chi connectivity index (χ0v) is 9.78. The summed E-state index contributed by atoms with van der Waals surface area (Å²) in [5, 5.41) is 0. The van der Waals surface area contributed by atoms with Crippen LogP contribution in [0.15, 0.2) is 24.3 Å². The van der Waals surface area contributed by atoms with E-state index in [1.807, 2.05) is 0 Å². The van der Waals surface area contributed by atoms with Crippen LogP contribution in [0.3, 0.4) is 0 Å². The zero-order valence-electron chi connectivity index (χ0n) is 9.78. The molecule has 16 heavy (non-hydrogen) atoms. The largest absolute Gasteiger partial charge is 0.372 e. The van der Waals surface area contributed by atoms with Gasteiger partial charge < -0.3 is 10.6 Å². The Balaban J connectivity index is 1.79. The van der Waals surface area contributed by atoms with E-state index in [0.29, 0.717) is 5.41 Å². The average molecular weight is 216 g/mol. The Labute approximate surface area is 97.4 Å². The molecule has 1 saturated heterocycles. The Kier molecular flexibility index (Phi) is 2.40. The second-order valence-corrected chi connectivity index (χ2v) is 5.23. The van der Waals surface area contributed by atoms with E-state index in [4.69, 9.17) is 5.73 Å². The molecule has 1 saturated carbocycles. The van der Waals surface area contributed by atoms with Crippen LogP contribution in [0.1, 0.15) is 31.2 Å². The summed E-state index contributed by atoms with van der Waals surface area (Å²) in [7, 11) is 0. The molecule has 2 aliphatic rings. The van der Waals surface area contributed by atoms with E-state index >= 15 is 0 Å². The van der Waals surface area contributed by atoms with Gasteiger partial charge in [-0.15, -0.1) is 0 Å². The maximum absolute atomic E-state index is 5.85. The van der Waals surface area contributed by atoms with Crippen LogP contribution in [0.25, 0.3) is 0 Å². The first-order valence-electron chi connectivity index (χ1n) is 6.40. The van der Waals surface area contributed by atoms with E-state index in [-0.39, 0.29) is 0 Å². The molecule has 1 aromatic rings. The van der Waals surface area contributed by atoms with Gasteiger partial charge in [-0.1, -0.05) is 12.1 Å². The molecule has 0 radical (unpaired) electrons. The summed E-state index contributed by atoms with van der Waals surface area (Å²) in [6.07, 6.45) is 5.22. The number of anilines is 1. The Hall–Kier alpha value is -1.02. The van der Waals surface area contributed by atoms with E-state index in [2.05, 4.69) is 29.2 Å². The molecule has 0 spiro atoms. The monoisotopic (exact) mass is 216 g/mol. The molecule has 2 heteroatoms. The van der Waals surface area contributed by atoms with Crippen molar-refractivity contribution in [1.82, 2.24) is 0 Å². The van der Waals surface area contributed by atoms with Crippen LogP contribution >= 0.6 is 0 Å². The molecule has 2 N–H and O–H groups in total. The van der Waals surface area contributed by atoms with E-state index in [1.165, 1.54) is 50.0 Å². The van der Waals surface area contributed by atoms with Crippen molar-refractivity contribution in [3.63, 3.8) is 0 Å². The second kappa shape index (κ2) is 3.77. The number of hydrogen-bond acceptors (Lipinski definition) is 2. The number of benzene rings is 1. The van der Waals surface area contributed by atoms with Crippen molar-refractivity contribution in [3.05, 3.63) is 29.8 Å². The molecule has 3 rings (SSSR count). The summed E-state index contributed by atoms with van der Waals surface area (Å²) in [6, 6.07) is 9.12. The zero-order chi connectivity index (χ0) is 11.0. The van der Waals surface area contributed by atoms with Crippen LogP contribution in [0.4, 0.5) is 5.69 Å². The third-order valence-electron chi connectivity index (χ3n) is 4.20. The van der Waals surface area contributed by atoms with Gasteiger partial charge in [0.1, 0.15) is 0 Å². The Bertz CT molecular complexity index is 359. The lowest BCUT2D eigenvalue weighted by molar-refractivity contribution is 0.704. The highest BCUT2D eigenvalue weighted by Crippen LogP contribution is 2.47. The quantitative estimate of drug-likeness (QED) is 0.840. The summed E-state index contributed by atoms with van der Waals surface area (Å²) >= 11 is 0. The first kappa shape index (κ1) is 10.2. The number of nitrogens with two attached hydrogens (primary N) is 1. The minimum Gasteiger partial charge on any atom is -0.372 e. The molecule has 2 nitrogen and oxygen atoms in total. The van der Waals surface area contributed by atoms with Crippen LogP contribution in [-0.4, -0.2) is 19.6 Å². The molecule has 0 atom stereocenters. The van der Waals surface area contributed by atoms with Crippen molar-refractivity contribution in [3.8, 4) is 0 Å². The van der Waals surface area contributed by atoms with Crippen LogP contribution < -0.4 is 10.6 Å². The topological polar surface area (TPSA) is 29.3 Å². The number of nitrogens with zero attached hydrogens (tertiary/aromatic N) is 1. The molecule has 0 unspecified atom stereocenters. The SMILES string of the molecule is NCC1(c2ccc(N3CCCC3)cc2)CC1. The third kappa shape index (κ3) is 1.61. The summed E-state index contributed by atoms with van der Waals surface area (Å²) in [6.45, 7) is 3.25. The third-order valence-corrected chi connectivity index (χ3v) is 4.20. The maximum Gasteiger partial charge on any atom is 0.0366 e. The molecule has 0 amide bonds. The average Bonchev–Trinajstić information content (AvgIpc) is 2.96. The van der Waals surface area contributed by atoms with Crippen molar-refractivity contribution < 1.29 is 0 Å². The van der Waals surface area contributed by atoms with E-state index < -0.39 is 0 Å². The first-order chi connectivity index (χ1) is 7.84. The van der Waals surface area contributed by atoms with Crippen molar-refractivity contribution in [2.24, 2.45) is 5.73 Å². The molecule has 1 aromatic carbocycles. The van der Waals surface area contributed by atoms with Crippen molar-refractivity contribution >= 4 is 5.69 Å². The lowest BCUT2D eigenvalue weighted by Gasteiger charge is -2.19. The summed E-state index contributed by atoms with van der Waals surface area (Å²) < 4.78 is 0. The predicted octanol–water partition coefficient (Wildman–Crippen LogP) is 2.28. The summed E-state index contributed by atoms with van der Waals surface area (Å²) in [5.41, 5.74) is 9.01. The smallest absolute Gasteiger partial charge is 0.0366 e. The Morgan fingerprint density at radius 2 is 1.69 bits per heavy atom. The lowest BCUT2D eigenvalue weighted by Crippen LogP contribution is -2.20. The van der Waals surface area contributed by atoms with Gasteiger partial charge in [-0.25, -0.2) is 0 Å². The molecule has 1 aliphatic carbocycles. The predicted molar refractivity (Wildman–Crippen MR) is 67.9 cm³/mol. The van der Waals surface area contributed by atoms with Gasteiger partial charge in [0, 0.05) is 30.7 Å². The van der Waals surface area contributed by atoms with E-state index in [9.17, 15) is 0 Å². The molecular formula is C14H20N2. The molecule has 0 bridgehead atoms. The van der Waals surface area contributed by atoms with Crippen LogP contribution in [0.5, 0.6) is 0 Å². The Morgan fingerprint density at radius 3 is 2.19 bits per heavy atom. The number of hydrogen-bond donors (Lipinski definition) is 1. The van der Waals surface area contributed by atoms with Gasteiger partial charge in [-0.2, -0.15) is 0 Å². The number of rotatable bonds is 3. The van der Waals surface area contributed by atoms with E-state index in [0.717, 1.165) is 6.54 Å². The molecule has 2 fully saturated rings. The van der Waals surface area contributed by atoms with Gasteiger partial charge in [-0.05, 0) is 43.4 Å². The minimum atomic E-state index is 0.337. The van der Waals surface area contributed by atoms with E-state index in [1.54, 1.807) is 0 Å². The maximum atomic E-state index is 5.85. The minimum absolute atomic E-state index is 0.337. The van der Waals surface area contributed by atoms with Gasteiger partial charge in [0.2, 0.25) is 0 Å². The fourth-order valence-electron chi connectivity index (χ4n) is 2.76. The molecular weight excluding hydrogens is 196 g/mol. The van der Waals surface area contributed by atoms with Gasteiger partial charge in [0.25, 0.3) is 0 Å². The highest BCUT2D eigenvalue weighted by atomic mass is 15.1. The normalized spacial score (nSPS) is 22.4. The van der Waals surface area contributed by atoms with Crippen molar-refractivity contribution in [2.45, 2.75) is 31.1 Å². The molecule has 0 aromatic heterocycles. The highest BCUT2D eigenvalue weighted by molar-refractivity contribution is 5.50.